The number of pyridine rings is 1. The normalized spacial score (nSPS) is 17.3. The van der Waals surface area contributed by atoms with Crippen molar-refractivity contribution >= 4 is 5.96 Å². The number of guanidine groups is 1. The minimum atomic E-state index is 0.518. The van der Waals surface area contributed by atoms with Crippen LogP contribution in [0.4, 0.5) is 0 Å². The number of aromatic nitrogens is 1. The molecule has 0 spiro atoms. The Morgan fingerprint density at radius 1 is 1.39 bits per heavy atom. The van der Waals surface area contributed by atoms with Gasteiger partial charge in [0.05, 0.1) is 12.2 Å². The maximum absolute atomic E-state index is 4.42. The Bertz CT molecular complexity index is 492. The quantitative estimate of drug-likeness (QED) is 0.624. The van der Waals surface area contributed by atoms with Crippen molar-refractivity contribution in [1.29, 1.82) is 0 Å². The fraction of sp³-hybridized carbons (Fsp3) is 0.667. The molecule has 1 aromatic rings. The van der Waals surface area contributed by atoms with Crippen LogP contribution < -0.4 is 10.6 Å². The van der Waals surface area contributed by atoms with Crippen molar-refractivity contribution in [3.63, 3.8) is 0 Å². The van der Waals surface area contributed by atoms with E-state index in [1.807, 2.05) is 19.3 Å². The first-order valence-corrected chi connectivity index (χ1v) is 8.83. The lowest BCUT2D eigenvalue weighted by molar-refractivity contribution is 0.203. The summed E-state index contributed by atoms with van der Waals surface area (Å²) in [6, 6.07) is 4.58. The van der Waals surface area contributed by atoms with Gasteiger partial charge < -0.3 is 15.5 Å². The van der Waals surface area contributed by atoms with Crippen molar-refractivity contribution in [1.82, 2.24) is 20.5 Å². The van der Waals surface area contributed by atoms with Crippen LogP contribution in [0, 0.1) is 6.92 Å². The molecule has 1 aliphatic heterocycles. The highest BCUT2D eigenvalue weighted by molar-refractivity contribution is 5.79. The molecule has 2 rings (SSSR count). The van der Waals surface area contributed by atoms with Gasteiger partial charge in [-0.15, -0.1) is 0 Å². The molecule has 0 aliphatic carbocycles. The van der Waals surface area contributed by atoms with E-state index in [4.69, 9.17) is 0 Å². The number of aliphatic imine (C=N–C) groups is 1. The highest BCUT2D eigenvalue weighted by Gasteiger charge is 2.19. The van der Waals surface area contributed by atoms with E-state index in [9.17, 15) is 0 Å². The van der Waals surface area contributed by atoms with Crippen LogP contribution in [0.15, 0.2) is 23.3 Å². The van der Waals surface area contributed by atoms with Gasteiger partial charge in [0.2, 0.25) is 0 Å². The van der Waals surface area contributed by atoms with Crippen LogP contribution in [0.25, 0.3) is 0 Å². The monoisotopic (exact) mass is 317 g/mol. The summed E-state index contributed by atoms with van der Waals surface area (Å²) in [4.78, 5) is 11.3. The van der Waals surface area contributed by atoms with E-state index in [1.165, 1.54) is 50.9 Å². The molecule has 0 unspecified atom stereocenters. The predicted octanol–water partition coefficient (Wildman–Crippen LogP) is 2.32. The molecule has 23 heavy (non-hydrogen) atoms. The van der Waals surface area contributed by atoms with E-state index in [-0.39, 0.29) is 0 Å². The molecule has 5 nitrogen and oxygen atoms in total. The summed E-state index contributed by atoms with van der Waals surface area (Å²) in [6.07, 6.45) is 6.80. The number of aryl methyl sites for hydroxylation is 1. The zero-order valence-electron chi connectivity index (χ0n) is 14.8. The van der Waals surface area contributed by atoms with Gasteiger partial charge in [-0.3, -0.25) is 9.98 Å². The molecule has 0 radical (unpaired) electrons. The molecule has 128 valence electrons. The van der Waals surface area contributed by atoms with Crippen LogP contribution >= 0.6 is 0 Å². The number of hydrogen-bond donors (Lipinski definition) is 2. The third-order valence-corrected chi connectivity index (χ3v) is 4.52. The topological polar surface area (TPSA) is 52.5 Å². The molecule has 1 aromatic heterocycles. The number of rotatable bonds is 6. The van der Waals surface area contributed by atoms with Crippen molar-refractivity contribution in [2.45, 2.75) is 52.1 Å². The molecule has 0 aromatic carbocycles. The summed E-state index contributed by atoms with van der Waals surface area (Å²) in [5, 5.41) is 6.94. The van der Waals surface area contributed by atoms with E-state index in [0.717, 1.165) is 11.7 Å². The highest BCUT2D eigenvalue weighted by atomic mass is 15.2. The van der Waals surface area contributed by atoms with Crippen molar-refractivity contribution < 1.29 is 0 Å². The standard InChI is InChI=1S/C18H31N5/c1-4-5-11-23-12-8-16(9-13-23)22-18(19-3)21-14-17-15(2)7-6-10-20-17/h6-7,10,16H,4-5,8-9,11-14H2,1-3H3,(H2,19,21,22). The second-order valence-electron chi connectivity index (χ2n) is 6.31. The van der Waals surface area contributed by atoms with Gasteiger partial charge in [-0.05, 0) is 44.4 Å². The maximum Gasteiger partial charge on any atom is 0.191 e. The number of piperidine rings is 1. The average molecular weight is 317 g/mol. The molecule has 1 aliphatic rings. The Morgan fingerprint density at radius 3 is 2.83 bits per heavy atom. The van der Waals surface area contributed by atoms with Crippen molar-refractivity contribution in [2.24, 2.45) is 4.99 Å². The van der Waals surface area contributed by atoms with Crippen molar-refractivity contribution in [2.75, 3.05) is 26.7 Å². The van der Waals surface area contributed by atoms with Crippen LogP contribution in [-0.2, 0) is 6.54 Å². The zero-order valence-corrected chi connectivity index (χ0v) is 14.8. The van der Waals surface area contributed by atoms with Crippen LogP contribution in [0.1, 0.15) is 43.9 Å². The molecule has 0 atom stereocenters. The van der Waals surface area contributed by atoms with E-state index < -0.39 is 0 Å². The van der Waals surface area contributed by atoms with Gasteiger partial charge >= 0.3 is 0 Å². The van der Waals surface area contributed by atoms with E-state index in [1.54, 1.807) is 0 Å². The smallest absolute Gasteiger partial charge is 0.191 e. The summed E-state index contributed by atoms with van der Waals surface area (Å²) < 4.78 is 0. The van der Waals surface area contributed by atoms with Crippen LogP contribution in [0.2, 0.25) is 0 Å². The SMILES string of the molecule is CCCCN1CCC(NC(=NC)NCc2ncccc2C)CC1. The molecule has 0 amide bonds. The van der Waals surface area contributed by atoms with Crippen LogP contribution in [0.5, 0.6) is 0 Å². The van der Waals surface area contributed by atoms with Gasteiger partial charge in [0, 0.05) is 32.4 Å². The van der Waals surface area contributed by atoms with Gasteiger partial charge in [-0.2, -0.15) is 0 Å². The lowest BCUT2D eigenvalue weighted by Crippen LogP contribution is -2.48. The third kappa shape index (κ3) is 5.82. The Balaban J connectivity index is 1.74. The fourth-order valence-electron chi connectivity index (χ4n) is 2.94. The third-order valence-electron chi connectivity index (χ3n) is 4.52. The van der Waals surface area contributed by atoms with Gasteiger partial charge in [-0.25, -0.2) is 0 Å². The predicted molar refractivity (Wildman–Crippen MR) is 96.7 cm³/mol. The molecule has 1 fully saturated rings. The molecule has 0 bridgehead atoms. The van der Waals surface area contributed by atoms with Crippen LogP contribution in [0.3, 0.4) is 0 Å². The lowest BCUT2D eigenvalue weighted by atomic mass is 10.0. The number of unbranched alkanes of at least 4 members (excludes halogenated alkanes) is 1. The van der Waals surface area contributed by atoms with Gasteiger partial charge in [-0.1, -0.05) is 19.4 Å². The zero-order chi connectivity index (χ0) is 16.5. The molecular weight excluding hydrogens is 286 g/mol. The summed E-state index contributed by atoms with van der Waals surface area (Å²) in [7, 11) is 1.83. The summed E-state index contributed by atoms with van der Waals surface area (Å²) in [5.74, 6) is 0.877. The van der Waals surface area contributed by atoms with Crippen molar-refractivity contribution in [3.8, 4) is 0 Å². The van der Waals surface area contributed by atoms with Gasteiger partial charge in [0.15, 0.2) is 5.96 Å². The Hall–Kier alpha value is -1.62. The number of hydrogen-bond acceptors (Lipinski definition) is 3. The number of nitrogens with one attached hydrogen (secondary N) is 2. The number of nitrogens with zero attached hydrogens (tertiary/aromatic N) is 3. The first kappa shape index (κ1) is 17.7. The first-order chi connectivity index (χ1) is 11.2. The molecule has 0 saturated carbocycles. The fourth-order valence-corrected chi connectivity index (χ4v) is 2.94. The second kappa shape index (κ2) is 9.50. The summed E-state index contributed by atoms with van der Waals surface area (Å²) in [6.45, 7) is 8.68. The number of likely N-dealkylation sites (tertiary alicyclic amines) is 1. The van der Waals surface area contributed by atoms with E-state index in [0.29, 0.717) is 12.6 Å². The highest BCUT2D eigenvalue weighted by Crippen LogP contribution is 2.11. The van der Waals surface area contributed by atoms with Gasteiger partial charge in [0.1, 0.15) is 0 Å². The summed E-state index contributed by atoms with van der Waals surface area (Å²) >= 11 is 0. The Kier molecular flexibility index (Phi) is 7.33. The molecule has 2 heterocycles. The van der Waals surface area contributed by atoms with Gasteiger partial charge in [0.25, 0.3) is 0 Å². The minimum absolute atomic E-state index is 0.518. The first-order valence-electron chi connectivity index (χ1n) is 8.83. The van der Waals surface area contributed by atoms with E-state index >= 15 is 0 Å². The maximum atomic E-state index is 4.42. The van der Waals surface area contributed by atoms with Crippen molar-refractivity contribution in [3.05, 3.63) is 29.6 Å². The molecule has 2 N–H and O–H groups in total. The lowest BCUT2D eigenvalue weighted by Gasteiger charge is -2.33. The summed E-state index contributed by atoms with van der Waals surface area (Å²) in [5.41, 5.74) is 2.28. The molecule has 5 heteroatoms. The Labute approximate surface area is 140 Å². The largest absolute Gasteiger partial charge is 0.354 e. The van der Waals surface area contributed by atoms with Crippen LogP contribution in [-0.4, -0.2) is 48.6 Å². The van der Waals surface area contributed by atoms with E-state index in [2.05, 4.69) is 45.4 Å². The molecular formula is C18H31N5. The second-order valence-corrected chi connectivity index (χ2v) is 6.31. The Morgan fingerprint density at radius 2 is 2.17 bits per heavy atom. The average Bonchev–Trinajstić information content (AvgIpc) is 2.59. The molecule has 1 saturated heterocycles. The minimum Gasteiger partial charge on any atom is -0.354 e.